The van der Waals surface area contributed by atoms with Crippen molar-refractivity contribution in [1.82, 2.24) is 9.47 Å². The van der Waals surface area contributed by atoms with E-state index < -0.39 is 17.7 Å². The van der Waals surface area contributed by atoms with E-state index in [0.717, 1.165) is 26.6 Å². The molecule has 0 atom stereocenters. The Morgan fingerprint density at radius 1 is 1.00 bits per heavy atom. The van der Waals surface area contributed by atoms with Crippen LogP contribution in [0, 0.1) is 15.2 Å². The molecule has 7 heteroatoms. The second-order valence-corrected chi connectivity index (χ2v) is 8.74. The van der Waals surface area contributed by atoms with Gasteiger partial charge in [-0.15, -0.1) is 0 Å². The first-order chi connectivity index (χ1) is 15.9. The van der Waals surface area contributed by atoms with Gasteiger partial charge >= 0.3 is 6.09 Å². The summed E-state index contributed by atoms with van der Waals surface area (Å²) in [5.41, 5.74) is 3.06. The minimum Gasteiger partial charge on any atom is -0.410 e. The Morgan fingerprint density at radius 3 is 2.45 bits per heavy atom. The van der Waals surface area contributed by atoms with Crippen LogP contribution in [-0.2, 0) is 6.54 Å². The van der Waals surface area contributed by atoms with Crippen LogP contribution in [0.1, 0.15) is 19.4 Å². The minimum absolute atomic E-state index is 0.303. The van der Waals surface area contributed by atoms with E-state index in [2.05, 4.69) is 39.3 Å². The zero-order chi connectivity index (χ0) is 23.5. The molecule has 0 spiro atoms. The largest absolute Gasteiger partial charge is 0.415 e. The average Bonchev–Trinajstić information content (AvgIpc) is 3.21. The third-order valence-electron chi connectivity index (χ3n) is 5.64. The van der Waals surface area contributed by atoms with E-state index in [0.29, 0.717) is 36.5 Å². The van der Waals surface area contributed by atoms with Crippen molar-refractivity contribution in [3.63, 3.8) is 0 Å². The monoisotopic (exact) mass is 560 g/mol. The van der Waals surface area contributed by atoms with Gasteiger partial charge in [0.15, 0.2) is 11.6 Å². The van der Waals surface area contributed by atoms with E-state index in [1.54, 1.807) is 11.0 Å². The summed E-state index contributed by atoms with van der Waals surface area (Å²) in [6.07, 6.45) is 1.47. The third kappa shape index (κ3) is 4.73. The molecule has 0 saturated heterocycles. The summed E-state index contributed by atoms with van der Waals surface area (Å²) in [5, 5.41) is 0.789. The van der Waals surface area contributed by atoms with E-state index in [-0.39, 0.29) is 0 Å². The molecule has 3 aromatic carbocycles. The van der Waals surface area contributed by atoms with E-state index in [1.807, 2.05) is 44.3 Å². The van der Waals surface area contributed by atoms with Gasteiger partial charge < -0.3 is 14.2 Å². The first kappa shape index (κ1) is 23.2. The number of amides is 1. The fourth-order valence-corrected chi connectivity index (χ4v) is 4.43. The maximum absolute atomic E-state index is 14.1. The summed E-state index contributed by atoms with van der Waals surface area (Å²) in [6, 6.07) is 17.4. The summed E-state index contributed by atoms with van der Waals surface area (Å²) in [7, 11) is 0. The lowest BCUT2D eigenvalue weighted by Gasteiger charge is -2.20. The molecule has 1 aromatic heterocycles. The van der Waals surface area contributed by atoms with Crippen LogP contribution in [0.4, 0.5) is 13.6 Å². The Bertz CT molecular complexity index is 1320. The molecule has 0 unspecified atom stereocenters. The van der Waals surface area contributed by atoms with Gasteiger partial charge in [-0.1, -0.05) is 24.3 Å². The van der Waals surface area contributed by atoms with Gasteiger partial charge in [-0.3, -0.25) is 0 Å². The first-order valence-electron chi connectivity index (χ1n) is 10.7. The Morgan fingerprint density at radius 2 is 1.76 bits per heavy atom. The maximum atomic E-state index is 14.1. The standard InChI is InChI=1S/C26H23F2IN2O2/c1-3-30(4-2)26(32)33-24-12-11-23-19(25(24)17-9-10-20(27)21(28)15-17)13-14-31(23)16-18-7-5-6-8-22(18)29/h5-15H,3-4,16H2,1-2H3. The summed E-state index contributed by atoms with van der Waals surface area (Å²) in [4.78, 5) is 14.2. The third-order valence-corrected chi connectivity index (χ3v) is 6.69. The molecule has 4 aromatic rings. The van der Waals surface area contributed by atoms with Gasteiger partial charge in [0.05, 0.1) is 0 Å². The van der Waals surface area contributed by atoms with Crippen molar-refractivity contribution in [2.75, 3.05) is 13.1 Å². The summed E-state index contributed by atoms with van der Waals surface area (Å²) in [6.45, 7) is 5.40. The van der Waals surface area contributed by atoms with E-state index in [9.17, 15) is 13.6 Å². The van der Waals surface area contributed by atoms with E-state index >= 15 is 0 Å². The fraction of sp³-hybridized carbons (Fsp3) is 0.192. The number of fused-ring (bicyclic) bond motifs is 1. The molecule has 1 heterocycles. The van der Waals surface area contributed by atoms with E-state index in [1.165, 1.54) is 11.6 Å². The lowest BCUT2D eigenvalue weighted by atomic mass is 10.00. The molecule has 0 radical (unpaired) electrons. The highest BCUT2D eigenvalue weighted by Gasteiger charge is 2.20. The van der Waals surface area contributed by atoms with Crippen LogP contribution in [0.25, 0.3) is 22.0 Å². The predicted molar refractivity (Wildman–Crippen MR) is 134 cm³/mol. The number of carbonyl (C=O) groups excluding carboxylic acids is 1. The van der Waals surface area contributed by atoms with Gasteiger partial charge in [0.1, 0.15) is 5.75 Å². The normalized spacial score (nSPS) is 11.1. The van der Waals surface area contributed by atoms with Crippen LogP contribution in [0.15, 0.2) is 66.9 Å². The van der Waals surface area contributed by atoms with Gasteiger partial charge in [0, 0.05) is 45.9 Å². The second kappa shape index (κ2) is 9.91. The van der Waals surface area contributed by atoms with Crippen molar-refractivity contribution in [2.24, 2.45) is 0 Å². The number of rotatable bonds is 6. The Kier molecular flexibility index (Phi) is 6.97. The molecule has 0 N–H and O–H groups in total. The van der Waals surface area contributed by atoms with Crippen LogP contribution in [0.5, 0.6) is 5.75 Å². The van der Waals surface area contributed by atoms with E-state index in [4.69, 9.17) is 4.74 Å². The number of benzene rings is 3. The average molecular weight is 560 g/mol. The van der Waals surface area contributed by atoms with Gasteiger partial charge in [-0.2, -0.15) is 0 Å². The summed E-state index contributed by atoms with van der Waals surface area (Å²) >= 11 is 2.31. The number of halogens is 3. The first-order valence-corrected chi connectivity index (χ1v) is 11.8. The van der Waals surface area contributed by atoms with Crippen LogP contribution in [0.2, 0.25) is 0 Å². The molecular weight excluding hydrogens is 537 g/mol. The number of nitrogens with zero attached hydrogens (tertiary/aromatic N) is 2. The molecule has 0 fully saturated rings. The van der Waals surface area contributed by atoms with Crippen molar-refractivity contribution in [3.05, 3.63) is 87.6 Å². The van der Waals surface area contributed by atoms with Crippen molar-refractivity contribution in [1.29, 1.82) is 0 Å². The van der Waals surface area contributed by atoms with Gasteiger partial charge in [0.2, 0.25) is 0 Å². The number of hydrogen-bond acceptors (Lipinski definition) is 2. The Hall–Kier alpha value is -2.94. The summed E-state index contributed by atoms with van der Waals surface area (Å²) < 4.78 is 36.8. The molecule has 33 heavy (non-hydrogen) atoms. The van der Waals surface area contributed by atoms with Gasteiger partial charge in [0.25, 0.3) is 0 Å². The highest BCUT2D eigenvalue weighted by Crippen LogP contribution is 2.39. The maximum Gasteiger partial charge on any atom is 0.415 e. The molecule has 0 aliphatic heterocycles. The van der Waals surface area contributed by atoms with Crippen LogP contribution in [0.3, 0.4) is 0 Å². The molecule has 170 valence electrons. The Balaban J connectivity index is 1.84. The van der Waals surface area contributed by atoms with Crippen molar-refractivity contribution >= 4 is 39.6 Å². The molecule has 0 aliphatic carbocycles. The zero-order valence-electron chi connectivity index (χ0n) is 18.3. The molecule has 0 saturated carbocycles. The highest BCUT2D eigenvalue weighted by molar-refractivity contribution is 14.1. The number of aromatic nitrogens is 1. The molecular formula is C26H23F2IN2O2. The lowest BCUT2D eigenvalue weighted by molar-refractivity contribution is 0.157. The fourth-order valence-electron chi connectivity index (χ4n) is 3.88. The zero-order valence-corrected chi connectivity index (χ0v) is 20.5. The van der Waals surface area contributed by atoms with Crippen molar-refractivity contribution in [3.8, 4) is 16.9 Å². The van der Waals surface area contributed by atoms with Crippen LogP contribution >= 0.6 is 22.6 Å². The Labute approximate surface area is 204 Å². The summed E-state index contributed by atoms with van der Waals surface area (Å²) in [5.74, 6) is -1.58. The lowest BCUT2D eigenvalue weighted by Crippen LogP contribution is -2.33. The predicted octanol–water partition coefficient (Wildman–Crippen LogP) is 7.08. The molecule has 4 nitrogen and oxygen atoms in total. The molecule has 1 amide bonds. The second-order valence-electron chi connectivity index (χ2n) is 7.58. The molecule has 4 rings (SSSR count). The van der Waals surface area contributed by atoms with Crippen molar-refractivity contribution < 1.29 is 18.3 Å². The van der Waals surface area contributed by atoms with Crippen molar-refractivity contribution in [2.45, 2.75) is 20.4 Å². The van der Waals surface area contributed by atoms with Gasteiger partial charge in [-0.25, -0.2) is 13.6 Å². The van der Waals surface area contributed by atoms with Crippen LogP contribution in [-0.4, -0.2) is 28.6 Å². The number of hydrogen-bond donors (Lipinski definition) is 0. The smallest absolute Gasteiger partial charge is 0.410 e. The quantitative estimate of drug-likeness (QED) is 0.236. The highest BCUT2D eigenvalue weighted by atomic mass is 127. The topological polar surface area (TPSA) is 34.5 Å². The van der Waals surface area contributed by atoms with Crippen LogP contribution < -0.4 is 4.74 Å². The van der Waals surface area contributed by atoms with Gasteiger partial charge in [-0.05, 0) is 84.0 Å². The minimum atomic E-state index is -0.955. The number of ether oxygens (including phenoxy) is 1. The SMILES string of the molecule is CCN(CC)C(=O)Oc1ccc2c(ccn2Cc2ccccc2I)c1-c1ccc(F)c(F)c1. The molecule has 0 bridgehead atoms. The number of carbonyl (C=O) groups is 1. The molecule has 0 aliphatic rings.